The molecule has 2 aromatic rings. The van der Waals surface area contributed by atoms with Crippen LogP contribution in [0.4, 0.5) is 11.4 Å². The zero-order chi connectivity index (χ0) is 13.0. The molecule has 0 heterocycles. The lowest BCUT2D eigenvalue weighted by Gasteiger charge is -2.11. The molecule has 0 aliphatic heterocycles. The molecule has 0 fully saturated rings. The molecule has 0 atom stereocenters. The van der Waals surface area contributed by atoms with E-state index in [1.807, 2.05) is 31.2 Å². The van der Waals surface area contributed by atoms with Crippen molar-refractivity contribution in [2.75, 3.05) is 11.2 Å². The van der Waals surface area contributed by atoms with Gasteiger partial charge in [-0.3, -0.25) is 15.6 Å². The molecule has 1 amide bonds. The van der Waals surface area contributed by atoms with Crippen molar-refractivity contribution < 1.29 is 4.79 Å². The molecule has 4 heteroatoms. The number of hydrazine groups is 1. The molecule has 0 radical (unpaired) electrons. The summed E-state index contributed by atoms with van der Waals surface area (Å²) in [6.07, 6.45) is 0. The lowest BCUT2D eigenvalue weighted by atomic mass is 10.2. The maximum absolute atomic E-state index is 11.9. The van der Waals surface area contributed by atoms with Crippen LogP contribution in [0.3, 0.4) is 0 Å². The standard InChI is InChI=1S/C14H15N3O/c1-10-6-2-5-9-13(10)16-17-14(18)11-7-3-4-8-12(11)15/h2-9,16H,15H2,1H3,(H,17,18). The van der Waals surface area contributed by atoms with E-state index in [9.17, 15) is 4.79 Å². The fourth-order valence-electron chi connectivity index (χ4n) is 1.61. The van der Waals surface area contributed by atoms with Crippen LogP contribution in [0.5, 0.6) is 0 Å². The van der Waals surface area contributed by atoms with Gasteiger partial charge in [-0.15, -0.1) is 0 Å². The van der Waals surface area contributed by atoms with Crippen molar-refractivity contribution in [3.63, 3.8) is 0 Å². The second-order valence-corrected chi connectivity index (χ2v) is 3.98. The van der Waals surface area contributed by atoms with Crippen LogP contribution in [0, 0.1) is 6.92 Å². The van der Waals surface area contributed by atoms with E-state index in [2.05, 4.69) is 10.9 Å². The third-order valence-corrected chi connectivity index (χ3v) is 2.66. The number of para-hydroxylation sites is 2. The summed E-state index contributed by atoms with van der Waals surface area (Å²) in [5, 5.41) is 0. The van der Waals surface area contributed by atoms with Crippen molar-refractivity contribution in [1.29, 1.82) is 0 Å². The summed E-state index contributed by atoms with van der Waals surface area (Å²) in [6, 6.07) is 14.7. The van der Waals surface area contributed by atoms with Crippen molar-refractivity contribution in [1.82, 2.24) is 5.43 Å². The van der Waals surface area contributed by atoms with E-state index >= 15 is 0 Å². The van der Waals surface area contributed by atoms with Gasteiger partial charge in [0.2, 0.25) is 0 Å². The Morgan fingerprint density at radius 1 is 1.06 bits per heavy atom. The van der Waals surface area contributed by atoms with Gasteiger partial charge in [0.1, 0.15) is 0 Å². The summed E-state index contributed by atoms with van der Waals surface area (Å²) < 4.78 is 0. The van der Waals surface area contributed by atoms with Crippen molar-refractivity contribution in [3.05, 3.63) is 59.7 Å². The summed E-state index contributed by atoms with van der Waals surface area (Å²) in [5.41, 5.74) is 14.1. The fraction of sp³-hybridized carbons (Fsp3) is 0.0714. The number of hydrogen-bond acceptors (Lipinski definition) is 3. The van der Waals surface area contributed by atoms with Crippen LogP contribution < -0.4 is 16.6 Å². The first-order valence-corrected chi connectivity index (χ1v) is 5.65. The molecule has 2 rings (SSSR count). The molecule has 0 bridgehead atoms. The van der Waals surface area contributed by atoms with Crippen LogP contribution >= 0.6 is 0 Å². The van der Waals surface area contributed by atoms with Gasteiger partial charge in [0.15, 0.2) is 0 Å². The number of nitrogens with two attached hydrogens (primary N) is 1. The van der Waals surface area contributed by atoms with Crippen molar-refractivity contribution in [3.8, 4) is 0 Å². The Morgan fingerprint density at radius 3 is 2.44 bits per heavy atom. The van der Waals surface area contributed by atoms with Gasteiger partial charge < -0.3 is 5.73 Å². The minimum atomic E-state index is -0.253. The summed E-state index contributed by atoms with van der Waals surface area (Å²) in [7, 11) is 0. The number of rotatable bonds is 3. The molecule has 0 aliphatic rings. The third kappa shape index (κ3) is 2.60. The van der Waals surface area contributed by atoms with E-state index in [-0.39, 0.29) is 5.91 Å². The maximum Gasteiger partial charge on any atom is 0.271 e. The number of hydrogen-bond donors (Lipinski definition) is 3. The number of anilines is 2. The molecule has 0 aliphatic carbocycles. The van der Waals surface area contributed by atoms with Gasteiger partial charge in [0.25, 0.3) is 5.91 Å². The van der Waals surface area contributed by atoms with E-state index in [1.165, 1.54) is 0 Å². The number of carbonyl (C=O) groups excluding carboxylic acids is 1. The van der Waals surface area contributed by atoms with Gasteiger partial charge in [0.05, 0.1) is 11.3 Å². The Kier molecular flexibility index (Phi) is 3.48. The minimum Gasteiger partial charge on any atom is -0.398 e. The number of nitrogens with one attached hydrogen (secondary N) is 2. The molecule has 4 nitrogen and oxygen atoms in total. The smallest absolute Gasteiger partial charge is 0.271 e. The van der Waals surface area contributed by atoms with E-state index < -0.39 is 0 Å². The largest absolute Gasteiger partial charge is 0.398 e. The zero-order valence-corrected chi connectivity index (χ0v) is 10.1. The Hall–Kier alpha value is -2.49. The summed E-state index contributed by atoms with van der Waals surface area (Å²) in [6.45, 7) is 1.96. The number of amides is 1. The van der Waals surface area contributed by atoms with E-state index in [0.29, 0.717) is 11.3 Å². The number of benzene rings is 2. The highest BCUT2D eigenvalue weighted by molar-refractivity contribution is 5.99. The topological polar surface area (TPSA) is 67.1 Å². The number of aryl methyl sites for hydroxylation is 1. The number of nitrogen functional groups attached to an aromatic ring is 1. The van der Waals surface area contributed by atoms with Gasteiger partial charge in [0, 0.05) is 5.69 Å². The predicted octanol–water partition coefficient (Wildman–Crippen LogP) is 2.33. The Labute approximate surface area is 106 Å². The molecular formula is C14H15N3O. The second-order valence-electron chi connectivity index (χ2n) is 3.98. The van der Waals surface area contributed by atoms with Gasteiger partial charge >= 0.3 is 0 Å². The van der Waals surface area contributed by atoms with Crippen molar-refractivity contribution >= 4 is 17.3 Å². The second kappa shape index (κ2) is 5.23. The predicted molar refractivity (Wildman–Crippen MR) is 73.1 cm³/mol. The Bertz CT molecular complexity index is 566. The van der Waals surface area contributed by atoms with Crippen LogP contribution in [-0.2, 0) is 0 Å². The molecule has 18 heavy (non-hydrogen) atoms. The molecule has 4 N–H and O–H groups in total. The van der Waals surface area contributed by atoms with Crippen molar-refractivity contribution in [2.24, 2.45) is 0 Å². The first-order valence-electron chi connectivity index (χ1n) is 5.65. The first-order chi connectivity index (χ1) is 8.68. The average molecular weight is 241 g/mol. The number of carbonyl (C=O) groups is 1. The highest BCUT2D eigenvalue weighted by Gasteiger charge is 2.08. The first kappa shape index (κ1) is 12.0. The highest BCUT2D eigenvalue weighted by atomic mass is 16.2. The lowest BCUT2D eigenvalue weighted by molar-refractivity contribution is 0.0963. The van der Waals surface area contributed by atoms with E-state index in [4.69, 9.17) is 5.73 Å². The van der Waals surface area contributed by atoms with E-state index in [1.54, 1.807) is 24.3 Å². The van der Waals surface area contributed by atoms with Gasteiger partial charge in [-0.2, -0.15) is 0 Å². The zero-order valence-electron chi connectivity index (χ0n) is 10.1. The highest BCUT2D eigenvalue weighted by Crippen LogP contribution is 2.13. The Morgan fingerprint density at radius 2 is 1.72 bits per heavy atom. The molecule has 0 spiro atoms. The van der Waals surface area contributed by atoms with Crippen LogP contribution in [-0.4, -0.2) is 5.91 Å². The lowest BCUT2D eigenvalue weighted by Crippen LogP contribution is -2.30. The van der Waals surface area contributed by atoms with Crippen LogP contribution in [0.2, 0.25) is 0 Å². The molecule has 92 valence electrons. The summed E-state index contributed by atoms with van der Waals surface area (Å²) in [5.74, 6) is -0.253. The van der Waals surface area contributed by atoms with Crippen LogP contribution in [0.25, 0.3) is 0 Å². The monoisotopic (exact) mass is 241 g/mol. The van der Waals surface area contributed by atoms with Gasteiger partial charge in [-0.05, 0) is 30.7 Å². The molecule has 0 saturated carbocycles. The molecule has 2 aromatic carbocycles. The normalized spacial score (nSPS) is 9.83. The summed E-state index contributed by atoms with van der Waals surface area (Å²) >= 11 is 0. The van der Waals surface area contributed by atoms with Gasteiger partial charge in [-0.1, -0.05) is 30.3 Å². The minimum absolute atomic E-state index is 0.253. The Balaban J connectivity index is 2.06. The van der Waals surface area contributed by atoms with Crippen LogP contribution in [0.1, 0.15) is 15.9 Å². The fourth-order valence-corrected chi connectivity index (χ4v) is 1.61. The SMILES string of the molecule is Cc1ccccc1NNC(=O)c1ccccc1N. The van der Waals surface area contributed by atoms with Gasteiger partial charge in [-0.25, -0.2) is 0 Å². The third-order valence-electron chi connectivity index (χ3n) is 2.66. The maximum atomic E-state index is 11.9. The summed E-state index contributed by atoms with van der Waals surface area (Å²) in [4.78, 5) is 11.9. The molecule has 0 aromatic heterocycles. The van der Waals surface area contributed by atoms with Crippen LogP contribution in [0.15, 0.2) is 48.5 Å². The molecule has 0 saturated heterocycles. The quantitative estimate of drug-likeness (QED) is 0.570. The molecule has 0 unspecified atom stereocenters. The average Bonchev–Trinajstić information content (AvgIpc) is 2.38. The molecular weight excluding hydrogens is 226 g/mol. The van der Waals surface area contributed by atoms with Crippen molar-refractivity contribution in [2.45, 2.75) is 6.92 Å². The van der Waals surface area contributed by atoms with E-state index in [0.717, 1.165) is 11.3 Å².